The number of rotatable bonds is 3. The minimum Gasteiger partial charge on any atom is -0.373 e. The van der Waals surface area contributed by atoms with Crippen molar-refractivity contribution in [2.24, 2.45) is 5.92 Å². The van der Waals surface area contributed by atoms with Gasteiger partial charge in [-0.1, -0.05) is 6.92 Å². The molecule has 0 aromatic carbocycles. The molecule has 1 saturated heterocycles. The molecule has 0 aromatic heterocycles. The van der Waals surface area contributed by atoms with Gasteiger partial charge in [0.05, 0.1) is 17.5 Å². The zero-order chi connectivity index (χ0) is 13.2. The predicted molar refractivity (Wildman–Crippen MR) is 72.4 cm³/mol. The molecule has 5 heteroatoms. The van der Waals surface area contributed by atoms with Gasteiger partial charge < -0.3 is 10.1 Å². The molecule has 0 radical (unpaired) electrons. The summed E-state index contributed by atoms with van der Waals surface area (Å²) >= 11 is 0. The van der Waals surface area contributed by atoms with Gasteiger partial charge in [0.2, 0.25) is 0 Å². The Kier molecular flexibility index (Phi) is 4.67. The lowest BCUT2D eigenvalue weighted by Crippen LogP contribution is -2.44. The minimum absolute atomic E-state index is 0.130. The van der Waals surface area contributed by atoms with Crippen LogP contribution in [0.4, 0.5) is 0 Å². The molecule has 1 N–H and O–H groups in total. The van der Waals surface area contributed by atoms with Crippen molar-refractivity contribution in [3.05, 3.63) is 0 Å². The second-order valence-electron chi connectivity index (χ2n) is 5.88. The monoisotopic (exact) mass is 275 g/mol. The molecular formula is C13H25NO3S. The molecule has 1 heterocycles. The molecule has 18 heavy (non-hydrogen) atoms. The van der Waals surface area contributed by atoms with Gasteiger partial charge in [-0.25, -0.2) is 8.42 Å². The van der Waals surface area contributed by atoms with Crippen LogP contribution in [0.25, 0.3) is 0 Å². The Morgan fingerprint density at radius 2 is 2.00 bits per heavy atom. The van der Waals surface area contributed by atoms with Crippen LogP contribution in [0, 0.1) is 5.92 Å². The summed E-state index contributed by atoms with van der Waals surface area (Å²) in [6.07, 6.45) is 6.34. The molecule has 2 rings (SSSR count). The van der Waals surface area contributed by atoms with Gasteiger partial charge in [-0.2, -0.15) is 0 Å². The van der Waals surface area contributed by atoms with Crippen molar-refractivity contribution in [1.29, 1.82) is 0 Å². The van der Waals surface area contributed by atoms with E-state index in [1.54, 1.807) is 0 Å². The van der Waals surface area contributed by atoms with E-state index < -0.39 is 9.84 Å². The number of nitrogens with one attached hydrogen (secondary N) is 1. The van der Waals surface area contributed by atoms with E-state index in [4.69, 9.17) is 4.74 Å². The maximum atomic E-state index is 11.6. The third kappa shape index (κ3) is 3.68. The second-order valence-corrected chi connectivity index (χ2v) is 8.21. The van der Waals surface area contributed by atoms with Crippen molar-refractivity contribution in [3.8, 4) is 0 Å². The molecule has 1 aliphatic carbocycles. The van der Waals surface area contributed by atoms with Gasteiger partial charge in [-0.15, -0.1) is 0 Å². The Bertz CT molecular complexity index is 368. The van der Waals surface area contributed by atoms with E-state index in [0.29, 0.717) is 12.3 Å². The fraction of sp³-hybridized carbons (Fsp3) is 1.00. The average Bonchev–Trinajstić information content (AvgIpc) is 2.31. The normalized spacial score (nSPS) is 38.6. The first kappa shape index (κ1) is 14.3. The fourth-order valence-corrected chi connectivity index (χ4v) is 4.16. The average molecular weight is 275 g/mol. The summed E-state index contributed by atoms with van der Waals surface area (Å²) in [5.74, 6) is 0.574. The van der Waals surface area contributed by atoms with Gasteiger partial charge >= 0.3 is 0 Å². The molecule has 4 nitrogen and oxygen atoms in total. The smallest absolute Gasteiger partial charge is 0.150 e. The van der Waals surface area contributed by atoms with Crippen LogP contribution in [0.5, 0.6) is 0 Å². The highest BCUT2D eigenvalue weighted by atomic mass is 32.2. The Labute approximate surface area is 110 Å². The van der Waals surface area contributed by atoms with Crippen LogP contribution in [0.3, 0.4) is 0 Å². The molecule has 1 aliphatic heterocycles. The fourth-order valence-electron chi connectivity index (χ4n) is 3.01. The van der Waals surface area contributed by atoms with Crippen molar-refractivity contribution in [3.63, 3.8) is 0 Å². The van der Waals surface area contributed by atoms with E-state index in [-0.39, 0.29) is 17.5 Å². The van der Waals surface area contributed by atoms with Gasteiger partial charge in [-0.3, -0.25) is 0 Å². The molecule has 0 bridgehead atoms. The van der Waals surface area contributed by atoms with Crippen molar-refractivity contribution in [2.75, 3.05) is 19.3 Å². The molecule has 4 unspecified atom stereocenters. The zero-order valence-electron chi connectivity index (χ0n) is 11.4. The summed E-state index contributed by atoms with van der Waals surface area (Å²) in [6, 6.07) is 0. The summed E-state index contributed by atoms with van der Waals surface area (Å²) in [7, 11) is -2.91. The van der Waals surface area contributed by atoms with E-state index in [1.807, 2.05) is 0 Å². The zero-order valence-corrected chi connectivity index (χ0v) is 12.2. The van der Waals surface area contributed by atoms with Crippen LogP contribution in [-0.4, -0.2) is 45.2 Å². The van der Waals surface area contributed by atoms with E-state index in [0.717, 1.165) is 38.8 Å². The minimum atomic E-state index is -2.91. The summed E-state index contributed by atoms with van der Waals surface area (Å²) < 4.78 is 29.4. The van der Waals surface area contributed by atoms with Crippen LogP contribution in [0.15, 0.2) is 0 Å². The van der Waals surface area contributed by atoms with Crippen molar-refractivity contribution in [2.45, 2.75) is 56.5 Å². The largest absolute Gasteiger partial charge is 0.373 e. The number of sulfone groups is 1. The van der Waals surface area contributed by atoms with Crippen LogP contribution < -0.4 is 5.32 Å². The van der Waals surface area contributed by atoms with Gasteiger partial charge in [0.15, 0.2) is 0 Å². The summed E-state index contributed by atoms with van der Waals surface area (Å²) in [4.78, 5) is 0. The van der Waals surface area contributed by atoms with Crippen molar-refractivity contribution >= 4 is 9.84 Å². The number of ether oxygens (including phenoxy) is 1. The standard InChI is InChI=1S/C13H25NO3S/c1-10-6-7-14-9-13(10)17-11-4-3-5-12(8-11)18(2,15)16/h10-14H,3-9H2,1-2H3. The van der Waals surface area contributed by atoms with Crippen LogP contribution in [0.2, 0.25) is 0 Å². The maximum Gasteiger partial charge on any atom is 0.150 e. The number of hydrogen-bond donors (Lipinski definition) is 1. The Hall–Kier alpha value is -0.130. The molecule has 1 saturated carbocycles. The van der Waals surface area contributed by atoms with Gasteiger partial charge in [0.1, 0.15) is 9.84 Å². The van der Waals surface area contributed by atoms with E-state index in [1.165, 1.54) is 6.26 Å². The first-order valence-corrected chi connectivity index (χ1v) is 8.97. The summed E-state index contributed by atoms with van der Waals surface area (Å²) in [5.41, 5.74) is 0. The van der Waals surface area contributed by atoms with Gasteiger partial charge in [0.25, 0.3) is 0 Å². The second kappa shape index (κ2) is 5.88. The topological polar surface area (TPSA) is 55.4 Å². The Balaban J connectivity index is 1.89. The molecule has 0 aromatic rings. The molecule has 2 fully saturated rings. The summed E-state index contributed by atoms with van der Waals surface area (Å²) in [6.45, 7) is 4.20. The lowest BCUT2D eigenvalue weighted by Gasteiger charge is -2.36. The molecule has 0 amide bonds. The van der Waals surface area contributed by atoms with E-state index in [2.05, 4.69) is 12.2 Å². The van der Waals surface area contributed by atoms with Crippen LogP contribution >= 0.6 is 0 Å². The maximum absolute atomic E-state index is 11.6. The summed E-state index contributed by atoms with van der Waals surface area (Å²) in [5, 5.41) is 3.16. The molecule has 2 aliphatic rings. The quantitative estimate of drug-likeness (QED) is 0.845. The number of hydrogen-bond acceptors (Lipinski definition) is 4. The predicted octanol–water partition coefficient (Wildman–Crippen LogP) is 1.36. The molecular weight excluding hydrogens is 250 g/mol. The van der Waals surface area contributed by atoms with E-state index >= 15 is 0 Å². The Morgan fingerprint density at radius 3 is 2.67 bits per heavy atom. The third-order valence-corrected chi connectivity index (χ3v) is 5.95. The highest BCUT2D eigenvalue weighted by Gasteiger charge is 2.32. The van der Waals surface area contributed by atoms with Crippen molar-refractivity contribution in [1.82, 2.24) is 5.32 Å². The van der Waals surface area contributed by atoms with Crippen molar-refractivity contribution < 1.29 is 13.2 Å². The number of piperidine rings is 1. The molecule has 4 atom stereocenters. The van der Waals surface area contributed by atoms with Crippen LogP contribution in [0.1, 0.15) is 39.0 Å². The van der Waals surface area contributed by atoms with Gasteiger partial charge in [0, 0.05) is 12.8 Å². The first-order valence-electron chi connectivity index (χ1n) is 7.02. The highest BCUT2D eigenvalue weighted by Crippen LogP contribution is 2.28. The first-order chi connectivity index (χ1) is 8.47. The third-order valence-electron chi connectivity index (χ3n) is 4.31. The molecule has 0 spiro atoms. The highest BCUT2D eigenvalue weighted by molar-refractivity contribution is 7.91. The Morgan fingerprint density at radius 1 is 1.22 bits per heavy atom. The SMILES string of the molecule is CC1CCNCC1OC1CCCC(S(C)(=O)=O)C1. The molecule has 106 valence electrons. The lowest BCUT2D eigenvalue weighted by molar-refractivity contribution is -0.0608. The lowest BCUT2D eigenvalue weighted by atomic mass is 9.94. The van der Waals surface area contributed by atoms with Gasteiger partial charge in [-0.05, 0) is 44.6 Å². The van der Waals surface area contributed by atoms with E-state index in [9.17, 15) is 8.42 Å². The van der Waals surface area contributed by atoms with Crippen LogP contribution in [-0.2, 0) is 14.6 Å².